The van der Waals surface area contributed by atoms with Gasteiger partial charge in [0.2, 0.25) is 0 Å². The molecule has 0 spiro atoms. The monoisotopic (exact) mass is 481 g/mol. The number of aliphatic carboxylic acids is 1. The summed E-state index contributed by atoms with van der Waals surface area (Å²) in [6.07, 6.45) is 3.15. The highest BCUT2D eigenvalue weighted by Gasteiger charge is 2.32. The second-order valence-electron chi connectivity index (χ2n) is 9.11. The van der Waals surface area contributed by atoms with E-state index in [0.29, 0.717) is 30.2 Å². The van der Waals surface area contributed by atoms with Crippen LogP contribution in [0.15, 0.2) is 24.3 Å². The second kappa shape index (κ2) is 9.19. The number of H-pyrrole nitrogens is 1. The first-order valence-electron chi connectivity index (χ1n) is 11.5. The third-order valence-corrected chi connectivity index (χ3v) is 7.61. The van der Waals surface area contributed by atoms with Gasteiger partial charge in [0, 0.05) is 47.4 Å². The molecule has 1 fully saturated rings. The van der Waals surface area contributed by atoms with Crippen LogP contribution in [0.1, 0.15) is 55.7 Å². The largest absolute Gasteiger partial charge is 0.480 e. The van der Waals surface area contributed by atoms with Crippen molar-refractivity contribution in [1.29, 1.82) is 0 Å². The van der Waals surface area contributed by atoms with Crippen LogP contribution in [0.3, 0.4) is 0 Å². The summed E-state index contributed by atoms with van der Waals surface area (Å²) < 4.78 is 0. The number of aryl methyl sites for hydroxylation is 1. The third-order valence-electron chi connectivity index (χ3n) is 6.53. The lowest BCUT2D eigenvalue weighted by Crippen LogP contribution is -2.48. The molecule has 5 rings (SSSR count). The Kier molecular flexibility index (Phi) is 6.09. The average molecular weight is 482 g/mol. The van der Waals surface area contributed by atoms with Crippen molar-refractivity contribution in [3.05, 3.63) is 51.1 Å². The van der Waals surface area contributed by atoms with Crippen molar-refractivity contribution in [3.63, 3.8) is 0 Å². The first kappa shape index (κ1) is 22.5. The third kappa shape index (κ3) is 4.69. The molecule has 0 saturated heterocycles. The molecule has 178 valence electrons. The van der Waals surface area contributed by atoms with Gasteiger partial charge in [0.05, 0.1) is 12.2 Å². The molecule has 2 atom stereocenters. The van der Waals surface area contributed by atoms with E-state index in [9.17, 15) is 14.4 Å². The number of hydrogen-bond donors (Lipinski definition) is 4. The Bertz CT molecular complexity index is 1270. The lowest BCUT2D eigenvalue weighted by Gasteiger charge is -2.23. The van der Waals surface area contributed by atoms with Crippen LogP contribution in [0.25, 0.3) is 10.9 Å². The summed E-state index contributed by atoms with van der Waals surface area (Å²) in [6.45, 7) is 3.12. The smallest absolute Gasteiger partial charge is 0.317 e. The molecule has 10 heteroatoms. The zero-order valence-electron chi connectivity index (χ0n) is 18.9. The van der Waals surface area contributed by atoms with E-state index in [0.717, 1.165) is 46.3 Å². The maximum atomic E-state index is 12.9. The van der Waals surface area contributed by atoms with Gasteiger partial charge in [0.1, 0.15) is 5.69 Å². The number of thiazole rings is 1. The Morgan fingerprint density at radius 1 is 1.18 bits per heavy atom. The van der Waals surface area contributed by atoms with Crippen LogP contribution < -0.4 is 10.6 Å². The number of amides is 2. The Labute approximate surface area is 200 Å². The van der Waals surface area contributed by atoms with Gasteiger partial charge in [-0.1, -0.05) is 11.6 Å². The molecule has 4 N–H and O–H groups in total. The summed E-state index contributed by atoms with van der Waals surface area (Å²) in [5.74, 6) is -1.28. The van der Waals surface area contributed by atoms with Gasteiger partial charge in [-0.15, -0.1) is 11.3 Å². The summed E-state index contributed by atoms with van der Waals surface area (Å²) in [5, 5.41) is 16.6. The highest BCUT2D eigenvalue weighted by molar-refractivity contribution is 7.13. The Hall–Kier alpha value is -3.24. The number of rotatable bonds is 6. The molecule has 2 aromatic heterocycles. The molecule has 2 aliphatic rings. The number of carboxylic acids is 1. The lowest BCUT2D eigenvalue weighted by atomic mass is 10.1. The topological polar surface area (TPSA) is 127 Å². The predicted octanol–water partition coefficient (Wildman–Crippen LogP) is 2.46. The minimum Gasteiger partial charge on any atom is -0.480 e. The quantitative estimate of drug-likeness (QED) is 0.428. The van der Waals surface area contributed by atoms with Gasteiger partial charge in [0.15, 0.2) is 5.01 Å². The fourth-order valence-electron chi connectivity index (χ4n) is 4.83. The van der Waals surface area contributed by atoms with Crippen molar-refractivity contribution < 1.29 is 19.5 Å². The standard InChI is InChI=1S/C24H27N5O4S/c1-13-5-6-15-14(9-13)10-19(25-15)22(32)26-16-3-2-4-17(16)27-23(33)24-28-18-7-8-29(12-21(30)31)11-20(18)34-24/h5-6,9-10,16-17,25H,2-4,7-8,11-12H2,1H3,(H,26,32)(H,27,33)(H,30,31)/t16-,17-/m1/s1. The van der Waals surface area contributed by atoms with E-state index in [1.54, 1.807) is 0 Å². The van der Waals surface area contributed by atoms with E-state index < -0.39 is 5.97 Å². The Morgan fingerprint density at radius 3 is 2.71 bits per heavy atom. The van der Waals surface area contributed by atoms with Gasteiger partial charge >= 0.3 is 5.97 Å². The number of aromatic nitrogens is 2. The summed E-state index contributed by atoms with van der Waals surface area (Å²) in [7, 11) is 0. The van der Waals surface area contributed by atoms with Crippen LogP contribution in [-0.2, 0) is 17.8 Å². The maximum Gasteiger partial charge on any atom is 0.317 e. The minimum absolute atomic E-state index is 0.0156. The highest BCUT2D eigenvalue weighted by atomic mass is 32.1. The zero-order valence-corrected chi connectivity index (χ0v) is 19.7. The highest BCUT2D eigenvalue weighted by Crippen LogP contribution is 2.26. The first-order valence-corrected chi connectivity index (χ1v) is 12.3. The summed E-state index contributed by atoms with van der Waals surface area (Å²) in [5.41, 5.74) is 3.44. The molecule has 3 heterocycles. The molecule has 3 aromatic rings. The summed E-state index contributed by atoms with van der Waals surface area (Å²) in [6, 6.07) is 7.55. The van der Waals surface area contributed by atoms with Crippen molar-refractivity contribution >= 4 is 40.0 Å². The first-order chi connectivity index (χ1) is 16.4. The van der Waals surface area contributed by atoms with Gasteiger partial charge in [-0.25, -0.2) is 4.98 Å². The molecule has 34 heavy (non-hydrogen) atoms. The second-order valence-corrected chi connectivity index (χ2v) is 10.2. The fourth-order valence-corrected chi connectivity index (χ4v) is 5.88. The van der Waals surface area contributed by atoms with Crippen LogP contribution in [0.2, 0.25) is 0 Å². The summed E-state index contributed by atoms with van der Waals surface area (Å²) in [4.78, 5) is 47.3. The molecule has 9 nitrogen and oxygen atoms in total. The number of hydrogen-bond acceptors (Lipinski definition) is 6. The predicted molar refractivity (Wildman–Crippen MR) is 128 cm³/mol. The Morgan fingerprint density at radius 2 is 1.94 bits per heavy atom. The van der Waals surface area contributed by atoms with E-state index in [4.69, 9.17) is 5.11 Å². The molecule has 0 radical (unpaired) electrons. The van der Waals surface area contributed by atoms with Gasteiger partial charge < -0.3 is 20.7 Å². The van der Waals surface area contributed by atoms with E-state index in [2.05, 4.69) is 20.6 Å². The van der Waals surface area contributed by atoms with Crippen LogP contribution in [-0.4, -0.2) is 62.9 Å². The molecule has 2 amide bonds. The van der Waals surface area contributed by atoms with Crippen LogP contribution in [0.4, 0.5) is 0 Å². The number of carbonyl (C=O) groups excluding carboxylic acids is 2. The maximum absolute atomic E-state index is 12.9. The average Bonchev–Trinajstić information content (AvgIpc) is 3.51. The van der Waals surface area contributed by atoms with Crippen molar-refractivity contribution in [3.8, 4) is 0 Å². The minimum atomic E-state index is -0.859. The zero-order chi connectivity index (χ0) is 23.8. The molecule has 1 aromatic carbocycles. The van der Waals surface area contributed by atoms with Crippen LogP contribution in [0, 0.1) is 6.92 Å². The number of benzene rings is 1. The molecular weight excluding hydrogens is 454 g/mol. The van der Waals surface area contributed by atoms with Crippen molar-refractivity contribution in [2.24, 2.45) is 0 Å². The lowest BCUT2D eigenvalue weighted by molar-refractivity contribution is -0.138. The number of aromatic amines is 1. The van der Waals surface area contributed by atoms with Gasteiger partial charge in [-0.2, -0.15) is 0 Å². The molecule has 0 bridgehead atoms. The summed E-state index contributed by atoms with van der Waals surface area (Å²) >= 11 is 1.32. The molecule has 1 aliphatic carbocycles. The van der Waals surface area contributed by atoms with E-state index in [-0.39, 0.29) is 30.4 Å². The molecule has 1 saturated carbocycles. The van der Waals surface area contributed by atoms with Crippen molar-refractivity contribution in [1.82, 2.24) is 25.5 Å². The molecule has 1 aliphatic heterocycles. The number of carboxylic acid groups (broad SMARTS) is 1. The van der Waals surface area contributed by atoms with E-state index in [1.807, 2.05) is 36.1 Å². The van der Waals surface area contributed by atoms with Crippen LogP contribution >= 0.6 is 11.3 Å². The normalized spacial score (nSPS) is 20.3. The van der Waals surface area contributed by atoms with Gasteiger partial charge in [-0.3, -0.25) is 19.3 Å². The van der Waals surface area contributed by atoms with Gasteiger partial charge in [0.25, 0.3) is 11.8 Å². The Balaban J connectivity index is 1.22. The fraction of sp³-hybridized carbons (Fsp3) is 0.417. The van der Waals surface area contributed by atoms with Crippen molar-refractivity contribution in [2.45, 2.75) is 51.2 Å². The van der Waals surface area contributed by atoms with E-state index in [1.165, 1.54) is 11.3 Å². The van der Waals surface area contributed by atoms with Crippen LogP contribution in [0.5, 0.6) is 0 Å². The molecular formula is C24H27N5O4S. The SMILES string of the molecule is Cc1ccc2[nH]c(C(=O)N[C@@H]3CCC[C@H]3NC(=O)c3nc4c(s3)CN(CC(=O)O)CC4)cc2c1. The van der Waals surface area contributed by atoms with Crippen molar-refractivity contribution in [2.75, 3.05) is 13.1 Å². The van der Waals surface area contributed by atoms with Gasteiger partial charge in [-0.05, 0) is 44.4 Å². The molecule has 0 unspecified atom stereocenters. The number of nitrogens with zero attached hydrogens (tertiary/aromatic N) is 2. The number of nitrogens with one attached hydrogen (secondary N) is 3. The van der Waals surface area contributed by atoms with E-state index >= 15 is 0 Å². The number of carbonyl (C=O) groups is 3. The number of fused-ring (bicyclic) bond motifs is 2.